The average molecular weight is 206 g/mol. The fraction of sp³-hybridized carbons (Fsp3) is 0.200. The van der Waals surface area contributed by atoms with E-state index in [0.29, 0.717) is 0 Å². The Morgan fingerprint density at radius 2 is 1.93 bits per heavy atom. The smallest absolute Gasteiger partial charge is 0.170 e. The van der Waals surface area contributed by atoms with Crippen LogP contribution in [0.4, 0.5) is 4.39 Å². The van der Waals surface area contributed by atoms with E-state index in [4.69, 9.17) is 15.6 Å². The Bertz CT molecular complexity index is 448. The number of aliphatic hydroxyl groups is 2. The van der Waals surface area contributed by atoms with Gasteiger partial charge < -0.3 is 10.2 Å². The van der Waals surface area contributed by atoms with E-state index in [-0.39, 0.29) is 11.1 Å². The molecule has 1 aromatic carbocycles. The molecule has 0 radical (unpaired) electrons. The van der Waals surface area contributed by atoms with Gasteiger partial charge in [-0.05, 0) is 18.2 Å². The molecule has 0 heterocycles. The summed E-state index contributed by atoms with van der Waals surface area (Å²) in [5.74, 6) is -0.645. The zero-order chi connectivity index (χ0) is 11.4. The molecular formula is C10H7FN2O2. The minimum absolute atomic E-state index is 0.0261. The maximum atomic E-state index is 12.8. The summed E-state index contributed by atoms with van der Waals surface area (Å²) in [6.45, 7) is 0. The number of hydrogen-bond donors (Lipinski definition) is 2. The van der Waals surface area contributed by atoms with Gasteiger partial charge in [0, 0.05) is 5.56 Å². The van der Waals surface area contributed by atoms with Crippen molar-refractivity contribution in [3.8, 4) is 12.1 Å². The number of hydrogen-bond acceptors (Lipinski definition) is 4. The van der Waals surface area contributed by atoms with E-state index in [2.05, 4.69) is 0 Å². The number of benzene rings is 1. The number of aliphatic hydroxyl groups excluding tert-OH is 2. The zero-order valence-corrected chi connectivity index (χ0v) is 7.55. The predicted octanol–water partition coefficient (Wildman–Crippen LogP) is 0.615. The third-order valence-corrected chi connectivity index (χ3v) is 1.88. The summed E-state index contributed by atoms with van der Waals surface area (Å²) in [5, 5.41) is 35.5. The first-order chi connectivity index (χ1) is 7.10. The number of nitriles is 2. The molecule has 2 unspecified atom stereocenters. The normalized spacial score (nSPS) is 13.7. The Hall–Kier alpha value is -1.95. The van der Waals surface area contributed by atoms with E-state index in [1.807, 2.05) is 0 Å². The summed E-state index contributed by atoms with van der Waals surface area (Å²) >= 11 is 0. The molecule has 1 rings (SSSR count). The van der Waals surface area contributed by atoms with Crippen LogP contribution >= 0.6 is 0 Å². The Kier molecular flexibility index (Phi) is 3.35. The maximum absolute atomic E-state index is 12.8. The maximum Gasteiger partial charge on any atom is 0.170 e. The highest BCUT2D eigenvalue weighted by molar-refractivity contribution is 5.40. The highest BCUT2D eigenvalue weighted by Gasteiger charge is 2.21. The number of rotatable bonds is 2. The van der Waals surface area contributed by atoms with Gasteiger partial charge >= 0.3 is 0 Å². The predicted molar refractivity (Wildman–Crippen MR) is 47.7 cm³/mol. The van der Waals surface area contributed by atoms with Crippen LogP contribution in [0.15, 0.2) is 18.2 Å². The van der Waals surface area contributed by atoms with Crippen molar-refractivity contribution in [3.05, 3.63) is 35.1 Å². The van der Waals surface area contributed by atoms with Gasteiger partial charge in [-0.2, -0.15) is 10.5 Å². The van der Waals surface area contributed by atoms with Crippen molar-refractivity contribution in [2.24, 2.45) is 0 Å². The molecule has 15 heavy (non-hydrogen) atoms. The molecule has 76 valence electrons. The minimum atomic E-state index is -1.68. The molecule has 0 aliphatic rings. The van der Waals surface area contributed by atoms with E-state index >= 15 is 0 Å². The molecular weight excluding hydrogens is 199 g/mol. The highest BCUT2D eigenvalue weighted by atomic mass is 19.1. The first-order valence-electron chi connectivity index (χ1n) is 4.05. The lowest BCUT2D eigenvalue weighted by Crippen LogP contribution is -2.17. The summed E-state index contributed by atoms with van der Waals surface area (Å²) in [7, 11) is 0. The van der Waals surface area contributed by atoms with Crippen molar-refractivity contribution < 1.29 is 14.6 Å². The van der Waals surface area contributed by atoms with Gasteiger partial charge in [-0.1, -0.05) is 0 Å². The molecule has 1 aromatic rings. The minimum Gasteiger partial charge on any atom is -0.384 e. The van der Waals surface area contributed by atoms with E-state index in [0.717, 1.165) is 12.1 Å². The monoisotopic (exact) mass is 206 g/mol. The van der Waals surface area contributed by atoms with Gasteiger partial charge in [-0.15, -0.1) is 0 Å². The van der Waals surface area contributed by atoms with Crippen LogP contribution in [0, 0.1) is 28.5 Å². The fourth-order valence-corrected chi connectivity index (χ4v) is 1.12. The van der Waals surface area contributed by atoms with Crippen molar-refractivity contribution in [1.82, 2.24) is 0 Å². The van der Waals surface area contributed by atoms with Crippen LogP contribution in [0.5, 0.6) is 0 Å². The first-order valence-corrected chi connectivity index (χ1v) is 4.05. The molecule has 5 heteroatoms. The Labute approximate surface area is 85.4 Å². The largest absolute Gasteiger partial charge is 0.384 e. The molecule has 0 saturated heterocycles. The second-order valence-electron chi connectivity index (χ2n) is 2.86. The van der Waals surface area contributed by atoms with Crippen LogP contribution in [-0.4, -0.2) is 16.3 Å². The molecule has 0 saturated carbocycles. The second kappa shape index (κ2) is 4.52. The third kappa shape index (κ3) is 2.29. The molecule has 2 N–H and O–H groups in total. The van der Waals surface area contributed by atoms with Crippen molar-refractivity contribution in [2.45, 2.75) is 12.2 Å². The number of halogens is 1. The third-order valence-electron chi connectivity index (χ3n) is 1.88. The Morgan fingerprint density at radius 1 is 1.27 bits per heavy atom. The van der Waals surface area contributed by atoms with Crippen molar-refractivity contribution in [2.75, 3.05) is 0 Å². The molecule has 0 aliphatic heterocycles. The summed E-state index contributed by atoms with van der Waals surface area (Å²) in [6.07, 6.45) is -3.26. The number of nitrogens with zero attached hydrogens (tertiary/aromatic N) is 2. The topological polar surface area (TPSA) is 88.0 Å². The van der Waals surface area contributed by atoms with E-state index in [9.17, 15) is 9.50 Å². The lowest BCUT2D eigenvalue weighted by molar-refractivity contribution is 0.0524. The SMILES string of the molecule is N#Cc1ccc(F)cc1C(O)C(O)C#N. The average Bonchev–Trinajstić information content (AvgIpc) is 2.27. The van der Waals surface area contributed by atoms with Crippen molar-refractivity contribution in [3.63, 3.8) is 0 Å². The fourth-order valence-electron chi connectivity index (χ4n) is 1.12. The van der Waals surface area contributed by atoms with Crippen molar-refractivity contribution in [1.29, 1.82) is 10.5 Å². The van der Waals surface area contributed by atoms with Crippen LogP contribution in [0.1, 0.15) is 17.2 Å². The lowest BCUT2D eigenvalue weighted by atomic mass is 10.00. The van der Waals surface area contributed by atoms with E-state index in [1.165, 1.54) is 12.1 Å². The Morgan fingerprint density at radius 3 is 2.47 bits per heavy atom. The summed E-state index contributed by atoms with van der Waals surface area (Å²) in [5.41, 5.74) is -0.0650. The second-order valence-corrected chi connectivity index (χ2v) is 2.86. The first kappa shape index (κ1) is 11.1. The molecule has 0 amide bonds. The molecule has 4 nitrogen and oxygen atoms in total. The van der Waals surface area contributed by atoms with Crippen molar-refractivity contribution >= 4 is 0 Å². The van der Waals surface area contributed by atoms with Gasteiger partial charge in [0.15, 0.2) is 6.10 Å². The van der Waals surface area contributed by atoms with Crippen LogP contribution in [0.2, 0.25) is 0 Å². The van der Waals surface area contributed by atoms with Gasteiger partial charge in [0.2, 0.25) is 0 Å². The van der Waals surface area contributed by atoms with Gasteiger partial charge in [0.1, 0.15) is 11.9 Å². The zero-order valence-electron chi connectivity index (χ0n) is 7.55. The standard InChI is InChI=1S/C10H7FN2O2/c11-7-2-1-6(4-12)8(3-7)10(15)9(14)5-13/h1-3,9-10,14-15H. The summed E-state index contributed by atoms with van der Waals surface area (Å²) in [4.78, 5) is 0. The molecule has 0 spiro atoms. The lowest BCUT2D eigenvalue weighted by Gasteiger charge is -2.13. The van der Waals surface area contributed by atoms with Crippen LogP contribution in [0.25, 0.3) is 0 Å². The quantitative estimate of drug-likeness (QED) is 0.694. The molecule has 0 aliphatic carbocycles. The highest BCUT2D eigenvalue weighted by Crippen LogP contribution is 2.21. The Balaban J connectivity index is 3.19. The van der Waals surface area contributed by atoms with E-state index in [1.54, 1.807) is 6.07 Å². The molecule has 2 atom stereocenters. The van der Waals surface area contributed by atoms with Crippen LogP contribution < -0.4 is 0 Å². The van der Waals surface area contributed by atoms with Crippen LogP contribution in [-0.2, 0) is 0 Å². The van der Waals surface area contributed by atoms with Gasteiger partial charge in [-0.3, -0.25) is 0 Å². The molecule has 0 bridgehead atoms. The van der Waals surface area contributed by atoms with Crippen LogP contribution in [0.3, 0.4) is 0 Å². The van der Waals surface area contributed by atoms with Gasteiger partial charge in [0.05, 0.1) is 17.7 Å². The molecule has 0 fully saturated rings. The van der Waals surface area contributed by atoms with E-state index < -0.39 is 18.0 Å². The summed E-state index contributed by atoms with van der Waals surface area (Å²) < 4.78 is 12.8. The van der Waals surface area contributed by atoms with Gasteiger partial charge in [0.25, 0.3) is 0 Å². The van der Waals surface area contributed by atoms with Gasteiger partial charge in [-0.25, -0.2) is 4.39 Å². The molecule has 0 aromatic heterocycles. The summed E-state index contributed by atoms with van der Waals surface area (Å²) in [6, 6.07) is 6.31.